The summed E-state index contributed by atoms with van der Waals surface area (Å²) in [5.41, 5.74) is 6.18. The number of nitrogens with two attached hydrogens (primary N) is 1. The molecular weight excluding hydrogens is 162 g/mol. The lowest BCUT2D eigenvalue weighted by Crippen LogP contribution is -2.08. The van der Waals surface area contributed by atoms with Crippen molar-refractivity contribution in [1.29, 1.82) is 0 Å². The predicted octanol–water partition coefficient (Wildman–Crippen LogP) is 2.11. The Morgan fingerprint density at radius 1 is 1.08 bits per heavy atom. The van der Waals surface area contributed by atoms with Gasteiger partial charge in [0.25, 0.3) is 0 Å². The Balaban J connectivity index is 2.10. The highest BCUT2D eigenvalue weighted by molar-refractivity contribution is 5.30. The van der Waals surface area contributed by atoms with E-state index in [0.29, 0.717) is 11.6 Å². The highest BCUT2D eigenvalue weighted by Gasteiger charge is 2.17. The fourth-order valence-electron chi connectivity index (χ4n) is 1.92. The Kier molecular flexibility index (Phi) is 2.43. The third kappa shape index (κ3) is 1.97. The highest BCUT2D eigenvalue weighted by atomic mass is 14.9. The molecule has 0 aromatic carbocycles. The van der Waals surface area contributed by atoms with Crippen LogP contribution in [0.15, 0.2) is 12.4 Å². The summed E-state index contributed by atoms with van der Waals surface area (Å²) in [6, 6.07) is 0. The van der Waals surface area contributed by atoms with Crippen molar-refractivity contribution in [1.82, 2.24) is 9.97 Å². The van der Waals surface area contributed by atoms with Gasteiger partial charge < -0.3 is 5.73 Å². The van der Waals surface area contributed by atoms with Crippen LogP contribution in [0, 0.1) is 0 Å². The maximum atomic E-state index is 5.53. The predicted molar refractivity (Wildman–Crippen MR) is 52.3 cm³/mol. The molecule has 0 bridgehead atoms. The summed E-state index contributed by atoms with van der Waals surface area (Å²) < 4.78 is 0. The molecule has 0 amide bonds. The SMILES string of the molecule is Nc1cnc(C2CCCCC2)nc1. The van der Waals surface area contributed by atoms with Gasteiger partial charge in [-0.2, -0.15) is 0 Å². The van der Waals surface area contributed by atoms with Crippen LogP contribution in [0.25, 0.3) is 0 Å². The number of anilines is 1. The van der Waals surface area contributed by atoms with Crippen LogP contribution in [-0.2, 0) is 0 Å². The van der Waals surface area contributed by atoms with Crippen molar-refractivity contribution in [3.05, 3.63) is 18.2 Å². The number of hydrogen-bond donors (Lipinski definition) is 1. The van der Waals surface area contributed by atoms with Crippen molar-refractivity contribution in [3.8, 4) is 0 Å². The van der Waals surface area contributed by atoms with Gasteiger partial charge in [0, 0.05) is 5.92 Å². The van der Waals surface area contributed by atoms with Crippen molar-refractivity contribution >= 4 is 5.69 Å². The van der Waals surface area contributed by atoms with Crippen molar-refractivity contribution < 1.29 is 0 Å². The second-order valence-electron chi connectivity index (χ2n) is 3.71. The third-order valence-corrected chi connectivity index (χ3v) is 2.66. The monoisotopic (exact) mass is 177 g/mol. The molecule has 1 aliphatic rings. The van der Waals surface area contributed by atoms with Crippen LogP contribution in [-0.4, -0.2) is 9.97 Å². The molecular formula is C10H15N3. The van der Waals surface area contributed by atoms with Crippen LogP contribution < -0.4 is 5.73 Å². The molecule has 0 unspecified atom stereocenters. The second-order valence-corrected chi connectivity index (χ2v) is 3.71. The Labute approximate surface area is 78.4 Å². The molecule has 0 aliphatic heterocycles. The standard InChI is InChI=1S/C10H15N3/c11-9-6-12-10(13-7-9)8-4-2-1-3-5-8/h6-8H,1-5,11H2. The minimum absolute atomic E-state index is 0.578. The molecule has 13 heavy (non-hydrogen) atoms. The molecule has 1 heterocycles. The van der Waals surface area contributed by atoms with Gasteiger partial charge in [0.1, 0.15) is 5.82 Å². The van der Waals surface area contributed by atoms with Crippen molar-refractivity contribution in [2.75, 3.05) is 5.73 Å². The van der Waals surface area contributed by atoms with E-state index in [9.17, 15) is 0 Å². The maximum Gasteiger partial charge on any atom is 0.131 e. The summed E-state index contributed by atoms with van der Waals surface area (Å²) in [5.74, 6) is 1.56. The molecule has 1 saturated carbocycles. The third-order valence-electron chi connectivity index (χ3n) is 2.66. The van der Waals surface area contributed by atoms with Crippen LogP contribution in [0.4, 0.5) is 5.69 Å². The largest absolute Gasteiger partial charge is 0.396 e. The van der Waals surface area contributed by atoms with E-state index in [1.807, 2.05) is 0 Å². The average molecular weight is 177 g/mol. The fourth-order valence-corrected chi connectivity index (χ4v) is 1.92. The topological polar surface area (TPSA) is 51.8 Å². The molecule has 0 spiro atoms. The fraction of sp³-hybridized carbons (Fsp3) is 0.600. The maximum absolute atomic E-state index is 5.53. The first-order valence-electron chi connectivity index (χ1n) is 4.93. The zero-order chi connectivity index (χ0) is 9.10. The van der Waals surface area contributed by atoms with E-state index >= 15 is 0 Å². The zero-order valence-corrected chi connectivity index (χ0v) is 7.74. The van der Waals surface area contributed by atoms with Gasteiger partial charge in [0.2, 0.25) is 0 Å². The Morgan fingerprint density at radius 3 is 2.31 bits per heavy atom. The lowest BCUT2D eigenvalue weighted by atomic mass is 9.89. The number of rotatable bonds is 1. The van der Waals surface area contributed by atoms with E-state index < -0.39 is 0 Å². The van der Waals surface area contributed by atoms with Crippen molar-refractivity contribution in [2.45, 2.75) is 38.0 Å². The molecule has 0 atom stereocenters. The van der Waals surface area contributed by atoms with Crippen LogP contribution in [0.3, 0.4) is 0 Å². The van der Waals surface area contributed by atoms with Gasteiger partial charge in [-0.25, -0.2) is 9.97 Å². The van der Waals surface area contributed by atoms with Crippen LogP contribution in [0.2, 0.25) is 0 Å². The number of nitrogen functional groups attached to an aromatic ring is 1. The molecule has 1 fully saturated rings. The van der Waals surface area contributed by atoms with E-state index in [-0.39, 0.29) is 0 Å². The van der Waals surface area contributed by atoms with Gasteiger partial charge in [0.15, 0.2) is 0 Å². The molecule has 1 aromatic heterocycles. The molecule has 0 radical (unpaired) electrons. The molecule has 3 heteroatoms. The molecule has 70 valence electrons. The van der Waals surface area contributed by atoms with Gasteiger partial charge in [-0.1, -0.05) is 19.3 Å². The zero-order valence-electron chi connectivity index (χ0n) is 7.74. The molecule has 2 N–H and O–H groups in total. The minimum Gasteiger partial charge on any atom is -0.396 e. The van der Waals surface area contributed by atoms with E-state index in [1.165, 1.54) is 32.1 Å². The lowest BCUT2D eigenvalue weighted by molar-refractivity contribution is 0.428. The molecule has 1 aromatic rings. The minimum atomic E-state index is 0.578. The van der Waals surface area contributed by atoms with Gasteiger partial charge >= 0.3 is 0 Å². The van der Waals surface area contributed by atoms with Crippen LogP contribution >= 0.6 is 0 Å². The van der Waals surface area contributed by atoms with E-state index in [0.717, 1.165) is 5.82 Å². The first kappa shape index (κ1) is 8.48. The van der Waals surface area contributed by atoms with Crippen molar-refractivity contribution in [3.63, 3.8) is 0 Å². The van der Waals surface area contributed by atoms with Crippen LogP contribution in [0.1, 0.15) is 43.8 Å². The quantitative estimate of drug-likeness (QED) is 0.714. The molecule has 0 saturated heterocycles. The second kappa shape index (κ2) is 3.73. The van der Waals surface area contributed by atoms with Gasteiger partial charge in [0.05, 0.1) is 18.1 Å². The summed E-state index contributed by atoms with van der Waals surface area (Å²) in [6.07, 6.45) is 9.89. The summed E-state index contributed by atoms with van der Waals surface area (Å²) in [6.45, 7) is 0. The van der Waals surface area contributed by atoms with Gasteiger partial charge in [-0.3, -0.25) is 0 Å². The Hall–Kier alpha value is -1.12. The van der Waals surface area contributed by atoms with E-state index in [4.69, 9.17) is 5.73 Å². The van der Waals surface area contributed by atoms with E-state index in [1.54, 1.807) is 12.4 Å². The van der Waals surface area contributed by atoms with Gasteiger partial charge in [-0.15, -0.1) is 0 Å². The average Bonchev–Trinajstić information content (AvgIpc) is 2.20. The molecule has 2 rings (SSSR count). The summed E-state index contributed by atoms with van der Waals surface area (Å²) in [5, 5.41) is 0. The summed E-state index contributed by atoms with van der Waals surface area (Å²) in [7, 11) is 0. The smallest absolute Gasteiger partial charge is 0.131 e. The highest BCUT2D eigenvalue weighted by Crippen LogP contribution is 2.30. The first-order valence-corrected chi connectivity index (χ1v) is 4.93. The summed E-state index contributed by atoms with van der Waals surface area (Å²) >= 11 is 0. The van der Waals surface area contributed by atoms with Crippen molar-refractivity contribution in [2.24, 2.45) is 0 Å². The normalized spacial score (nSPS) is 18.8. The van der Waals surface area contributed by atoms with E-state index in [2.05, 4.69) is 9.97 Å². The first-order chi connectivity index (χ1) is 6.36. The Bertz CT molecular complexity index is 262. The molecule has 1 aliphatic carbocycles. The van der Waals surface area contributed by atoms with Gasteiger partial charge in [-0.05, 0) is 12.8 Å². The van der Waals surface area contributed by atoms with Crippen LogP contribution in [0.5, 0.6) is 0 Å². The molecule has 3 nitrogen and oxygen atoms in total. The number of hydrogen-bond acceptors (Lipinski definition) is 3. The number of nitrogens with zero attached hydrogens (tertiary/aromatic N) is 2. The summed E-state index contributed by atoms with van der Waals surface area (Å²) in [4.78, 5) is 8.53. The number of aromatic nitrogens is 2. The Morgan fingerprint density at radius 2 is 1.69 bits per heavy atom. The lowest BCUT2D eigenvalue weighted by Gasteiger charge is -2.19.